The second-order valence-electron chi connectivity index (χ2n) is 5.93. The van der Waals surface area contributed by atoms with Crippen molar-refractivity contribution in [1.82, 2.24) is 9.78 Å². The number of rotatable bonds is 5. The number of anilines is 1. The molecule has 0 aliphatic rings. The Kier molecular flexibility index (Phi) is 5.89. The lowest BCUT2D eigenvalue weighted by Gasteiger charge is -2.06. The normalized spacial score (nSPS) is 11.5. The van der Waals surface area contributed by atoms with Crippen LogP contribution in [0.2, 0.25) is 5.15 Å². The van der Waals surface area contributed by atoms with Crippen molar-refractivity contribution in [1.29, 1.82) is 0 Å². The minimum Gasteiger partial charge on any atom is -0.320 e. The quantitative estimate of drug-likeness (QED) is 0.618. The third kappa shape index (κ3) is 4.63. The van der Waals surface area contributed by atoms with Crippen molar-refractivity contribution in [3.8, 4) is 0 Å². The maximum atomic E-state index is 13.5. The Morgan fingerprint density at radius 2 is 1.92 bits per heavy atom. The van der Waals surface area contributed by atoms with Gasteiger partial charge in [0.15, 0.2) is 11.6 Å². The van der Waals surface area contributed by atoms with Gasteiger partial charge in [0.2, 0.25) is 5.91 Å². The molecule has 0 saturated carbocycles. The lowest BCUT2D eigenvalue weighted by atomic mass is 10.2. The zero-order valence-corrected chi connectivity index (χ0v) is 14.7. The standard InChI is InChI=1S/C17H17ClF3N3O/c1-9(2)8-24-17(18)11(10(3)23-24)4-5-16(25)22-15-7-13(20)12(19)6-14(15)21/h4-7,9H,8H2,1-3H3,(H,22,25). The highest BCUT2D eigenvalue weighted by atomic mass is 35.5. The molecule has 0 bridgehead atoms. The minimum atomic E-state index is -1.33. The van der Waals surface area contributed by atoms with Crippen LogP contribution in [0.1, 0.15) is 25.1 Å². The van der Waals surface area contributed by atoms with Crippen LogP contribution in [0.15, 0.2) is 18.2 Å². The number of nitrogens with zero attached hydrogens (tertiary/aromatic N) is 2. The molecule has 0 radical (unpaired) electrons. The van der Waals surface area contributed by atoms with Gasteiger partial charge in [-0.2, -0.15) is 5.10 Å². The van der Waals surface area contributed by atoms with Crippen molar-refractivity contribution >= 4 is 29.3 Å². The van der Waals surface area contributed by atoms with Gasteiger partial charge in [-0.15, -0.1) is 0 Å². The average Bonchev–Trinajstić information content (AvgIpc) is 2.76. The summed E-state index contributed by atoms with van der Waals surface area (Å²) in [4.78, 5) is 11.9. The fourth-order valence-corrected chi connectivity index (χ4v) is 2.48. The van der Waals surface area contributed by atoms with Crippen molar-refractivity contribution in [3.05, 3.63) is 52.1 Å². The molecule has 134 valence electrons. The Bertz CT molecular complexity index is 831. The first-order chi connectivity index (χ1) is 11.7. The molecule has 1 aromatic heterocycles. The summed E-state index contributed by atoms with van der Waals surface area (Å²) < 4.78 is 41.2. The molecule has 0 fully saturated rings. The van der Waals surface area contributed by atoms with E-state index in [1.165, 1.54) is 6.08 Å². The highest BCUT2D eigenvalue weighted by Gasteiger charge is 2.14. The van der Waals surface area contributed by atoms with E-state index in [9.17, 15) is 18.0 Å². The summed E-state index contributed by atoms with van der Waals surface area (Å²) in [6.07, 6.45) is 2.56. The molecule has 0 atom stereocenters. The third-order valence-electron chi connectivity index (χ3n) is 3.32. The van der Waals surface area contributed by atoms with Gasteiger partial charge in [-0.25, -0.2) is 13.2 Å². The molecular weight excluding hydrogens is 355 g/mol. The summed E-state index contributed by atoms with van der Waals surface area (Å²) in [7, 11) is 0. The van der Waals surface area contributed by atoms with Crippen molar-refractivity contribution in [2.24, 2.45) is 5.92 Å². The first-order valence-electron chi connectivity index (χ1n) is 7.55. The lowest BCUT2D eigenvalue weighted by Crippen LogP contribution is -2.10. The van der Waals surface area contributed by atoms with Gasteiger partial charge in [0, 0.05) is 30.3 Å². The van der Waals surface area contributed by atoms with Crippen molar-refractivity contribution in [3.63, 3.8) is 0 Å². The van der Waals surface area contributed by atoms with Crippen LogP contribution in [0, 0.1) is 30.3 Å². The molecule has 4 nitrogen and oxygen atoms in total. The van der Waals surface area contributed by atoms with Crippen molar-refractivity contribution in [2.45, 2.75) is 27.3 Å². The summed E-state index contributed by atoms with van der Waals surface area (Å²) in [6, 6.07) is 0.945. The Balaban J connectivity index is 2.16. The van der Waals surface area contributed by atoms with Crippen LogP contribution in [0.3, 0.4) is 0 Å². The fourth-order valence-electron chi connectivity index (χ4n) is 2.18. The summed E-state index contributed by atoms with van der Waals surface area (Å²) in [5.41, 5.74) is 0.740. The predicted molar refractivity (Wildman–Crippen MR) is 90.8 cm³/mol. The van der Waals surface area contributed by atoms with Crippen molar-refractivity contribution in [2.75, 3.05) is 5.32 Å². The second kappa shape index (κ2) is 7.74. The third-order valence-corrected chi connectivity index (χ3v) is 3.72. The summed E-state index contributed by atoms with van der Waals surface area (Å²) in [5.74, 6) is -4.02. The summed E-state index contributed by atoms with van der Waals surface area (Å²) in [5, 5.41) is 6.83. The number of hydrogen-bond donors (Lipinski definition) is 1. The number of carbonyl (C=O) groups excluding carboxylic acids is 1. The zero-order chi connectivity index (χ0) is 18.7. The largest absolute Gasteiger partial charge is 0.320 e. The van der Waals surface area contributed by atoms with Crippen LogP contribution in [0.4, 0.5) is 18.9 Å². The number of halogens is 4. The van der Waals surface area contributed by atoms with Crippen LogP contribution < -0.4 is 5.32 Å². The van der Waals surface area contributed by atoms with Crippen LogP contribution in [0.5, 0.6) is 0 Å². The molecular formula is C17H17ClF3N3O. The van der Waals surface area contributed by atoms with Crippen LogP contribution in [-0.4, -0.2) is 15.7 Å². The number of nitrogens with one attached hydrogen (secondary N) is 1. The molecule has 0 spiro atoms. The SMILES string of the molecule is Cc1nn(CC(C)C)c(Cl)c1C=CC(=O)Nc1cc(F)c(F)cc1F. The monoisotopic (exact) mass is 371 g/mol. The van der Waals surface area contributed by atoms with Gasteiger partial charge in [0.1, 0.15) is 11.0 Å². The van der Waals surface area contributed by atoms with Gasteiger partial charge >= 0.3 is 0 Å². The molecule has 2 rings (SSSR count). The number of benzene rings is 1. The first-order valence-corrected chi connectivity index (χ1v) is 7.93. The Labute approximate surface area is 148 Å². The van der Waals surface area contributed by atoms with Gasteiger partial charge in [0.25, 0.3) is 0 Å². The number of amides is 1. The molecule has 25 heavy (non-hydrogen) atoms. The topological polar surface area (TPSA) is 46.9 Å². The Hall–Kier alpha value is -2.28. The molecule has 1 amide bonds. The first kappa shape index (κ1) is 19.1. The Morgan fingerprint density at radius 1 is 1.28 bits per heavy atom. The van der Waals surface area contributed by atoms with E-state index in [1.807, 2.05) is 13.8 Å². The average molecular weight is 372 g/mol. The van der Waals surface area contributed by atoms with Gasteiger partial charge < -0.3 is 5.32 Å². The highest BCUT2D eigenvalue weighted by Crippen LogP contribution is 2.23. The molecule has 0 unspecified atom stereocenters. The summed E-state index contributed by atoms with van der Waals surface area (Å²) >= 11 is 6.25. The Morgan fingerprint density at radius 3 is 2.56 bits per heavy atom. The van der Waals surface area contributed by atoms with E-state index in [1.54, 1.807) is 11.6 Å². The van der Waals surface area contributed by atoms with E-state index in [-0.39, 0.29) is 0 Å². The highest BCUT2D eigenvalue weighted by molar-refractivity contribution is 6.31. The fraction of sp³-hybridized carbons (Fsp3) is 0.294. The number of aromatic nitrogens is 2. The van der Waals surface area contributed by atoms with Crippen LogP contribution in [-0.2, 0) is 11.3 Å². The van der Waals surface area contributed by atoms with Gasteiger partial charge in [0.05, 0.1) is 11.4 Å². The molecule has 0 aliphatic carbocycles. The summed E-state index contributed by atoms with van der Waals surface area (Å²) in [6.45, 7) is 6.41. The molecule has 2 aromatic rings. The second-order valence-corrected chi connectivity index (χ2v) is 6.29. The van der Waals surface area contributed by atoms with E-state index in [4.69, 9.17) is 11.6 Å². The van der Waals surface area contributed by atoms with E-state index >= 15 is 0 Å². The number of hydrogen-bond acceptors (Lipinski definition) is 2. The molecule has 1 N–H and O–H groups in total. The molecule has 1 heterocycles. The maximum absolute atomic E-state index is 13.5. The molecule has 0 aliphatic heterocycles. The van der Waals surface area contributed by atoms with E-state index in [0.717, 1.165) is 6.08 Å². The molecule has 8 heteroatoms. The van der Waals surface area contributed by atoms with Crippen LogP contribution in [0.25, 0.3) is 6.08 Å². The maximum Gasteiger partial charge on any atom is 0.248 e. The molecule has 1 aromatic carbocycles. The van der Waals surface area contributed by atoms with E-state index in [0.29, 0.717) is 41.0 Å². The van der Waals surface area contributed by atoms with Gasteiger partial charge in [-0.1, -0.05) is 25.4 Å². The lowest BCUT2D eigenvalue weighted by molar-refractivity contribution is -0.111. The predicted octanol–water partition coefficient (Wildman–Crippen LogP) is 4.57. The van der Waals surface area contributed by atoms with E-state index in [2.05, 4.69) is 10.4 Å². The van der Waals surface area contributed by atoms with E-state index < -0.39 is 29.0 Å². The number of carbonyl (C=O) groups is 1. The number of aryl methyl sites for hydroxylation is 1. The van der Waals surface area contributed by atoms with Gasteiger partial charge in [-0.3, -0.25) is 9.48 Å². The van der Waals surface area contributed by atoms with Gasteiger partial charge in [-0.05, 0) is 18.9 Å². The van der Waals surface area contributed by atoms with Crippen LogP contribution >= 0.6 is 11.6 Å². The zero-order valence-electron chi connectivity index (χ0n) is 13.9. The van der Waals surface area contributed by atoms with Crippen molar-refractivity contribution < 1.29 is 18.0 Å². The smallest absolute Gasteiger partial charge is 0.248 e. The minimum absolute atomic E-state index is 0.341. The molecule has 0 saturated heterocycles.